The zero-order valence-corrected chi connectivity index (χ0v) is 12.4. The molecule has 1 aliphatic rings. The van der Waals surface area contributed by atoms with Gasteiger partial charge >= 0.3 is 17.7 Å². The van der Waals surface area contributed by atoms with Gasteiger partial charge in [-0.3, -0.25) is 4.57 Å². The first-order valence-electron chi connectivity index (χ1n) is 7.17. The average molecular weight is 307 g/mol. The molecule has 5 heteroatoms. The zero-order chi connectivity index (χ0) is 16.0. The molecule has 0 N–H and O–H groups in total. The summed E-state index contributed by atoms with van der Waals surface area (Å²) in [5.74, 6) is -1.19. The van der Waals surface area contributed by atoms with Gasteiger partial charge in [-0.1, -0.05) is 48.5 Å². The molecule has 0 fully saturated rings. The lowest BCUT2D eigenvalue weighted by Crippen LogP contribution is -2.43. The van der Waals surface area contributed by atoms with Gasteiger partial charge in [0.15, 0.2) is 0 Å². The minimum absolute atomic E-state index is 0.334. The molecule has 0 saturated heterocycles. The van der Waals surface area contributed by atoms with Crippen LogP contribution in [-0.4, -0.2) is 23.6 Å². The second kappa shape index (κ2) is 4.71. The van der Waals surface area contributed by atoms with Crippen molar-refractivity contribution in [1.29, 1.82) is 0 Å². The number of carbonyl (C=O) groups excluding carboxylic acids is 2. The minimum atomic E-state index is -1.63. The van der Waals surface area contributed by atoms with Gasteiger partial charge in [-0.05, 0) is 12.1 Å². The van der Waals surface area contributed by atoms with E-state index < -0.39 is 17.7 Å². The molecule has 0 amide bonds. The summed E-state index contributed by atoms with van der Waals surface area (Å²) >= 11 is 0. The van der Waals surface area contributed by atoms with Crippen molar-refractivity contribution in [1.82, 2.24) is 4.57 Å². The second-order valence-corrected chi connectivity index (χ2v) is 5.31. The van der Waals surface area contributed by atoms with Crippen LogP contribution in [0.25, 0.3) is 10.9 Å². The van der Waals surface area contributed by atoms with E-state index in [-0.39, 0.29) is 0 Å². The summed E-state index contributed by atoms with van der Waals surface area (Å²) in [5.41, 5.74) is -0.0192. The van der Waals surface area contributed by atoms with Crippen molar-refractivity contribution < 1.29 is 19.1 Å². The van der Waals surface area contributed by atoms with Gasteiger partial charge in [0.05, 0.1) is 12.6 Å². The lowest BCUT2D eigenvalue weighted by molar-refractivity contribution is -0.164. The molecule has 0 radical (unpaired) electrons. The fourth-order valence-electron chi connectivity index (χ4n) is 3.12. The van der Waals surface area contributed by atoms with Crippen LogP contribution in [0.1, 0.15) is 16.1 Å². The molecule has 1 aromatic heterocycles. The number of hydrogen-bond acceptors (Lipinski definition) is 4. The van der Waals surface area contributed by atoms with E-state index in [1.165, 1.54) is 7.11 Å². The number of hydrogen-bond donors (Lipinski definition) is 0. The van der Waals surface area contributed by atoms with E-state index >= 15 is 0 Å². The van der Waals surface area contributed by atoms with Gasteiger partial charge in [-0.15, -0.1) is 0 Å². The highest BCUT2D eigenvalue weighted by atomic mass is 16.6. The molecule has 1 atom stereocenters. The number of fused-ring (bicyclic) bond motifs is 3. The van der Waals surface area contributed by atoms with Gasteiger partial charge in [-0.25, -0.2) is 9.59 Å². The number of methoxy groups -OCH3 is 1. The molecule has 114 valence electrons. The molecule has 2 heterocycles. The van der Waals surface area contributed by atoms with Crippen LogP contribution in [0.2, 0.25) is 0 Å². The maximum absolute atomic E-state index is 12.7. The fraction of sp³-hybridized carbons (Fsp3) is 0.111. The summed E-state index contributed by atoms with van der Waals surface area (Å²) in [6.07, 6.45) is 0. The van der Waals surface area contributed by atoms with Gasteiger partial charge < -0.3 is 9.47 Å². The number of rotatable bonds is 2. The molecule has 0 saturated carbocycles. The van der Waals surface area contributed by atoms with Gasteiger partial charge in [0, 0.05) is 10.9 Å². The van der Waals surface area contributed by atoms with Gasteiger partial charge in [-0.2, -0.15) is 0 Å². The molecule has 0 bridgehead atoms. The van der Waals surface area contributed by atoms with E-state index in [1.54, 1.807) is 34.9 Å². The largest absolute Gasteiger partial charge is 0.464 e. The summed E-state index contributed by atoms with van der Waals surface area (Å²) < 4.78 is 12.2. The number of esters is 2. The SMILES string of the molecule is COC(=O)[C@@]1(c2ccccc2)OC(=O)c2cc3ccccc3n21. The van der Waals surface area contributed by atoms with Crippen molar-refractivity contribution in [2.45, 2.75) is 5.72 Å². The van der Waals surface area contributed by atoms with Crippen LogP contribution in [-0.2, 0) is 20.0 Å². The summed E-state index contributed by atoms with van der Waals surface area (Å²) in [4.78, 5) is 25.1. The Morgan fingerprint density at radius 1 is 1.09 bits per heavy atom. The summed E-state index contributed by atoms with van der Waals surface area (Å²) in [6, 6.07) is 18.1. The quantitative estimate of drug-likeness (QED) is 0.683. The number of benzene rings is 2. The molecule has 0 aliphatic carbocycles. The molecular weight excluding hydrogens is 294 g/mol. The zero-order valence-electron chi connectivity index (χ0n) is 12.4. The monoisotopic (exact) mass is 307 g/mol. The lowest BCUT2D eigenvalue weighted by Gasteiger charge is -2.28. The normalized spacial score (nSPS) is 19.4. The summed E-state index contributed by atoms with van der Waals surface area (Å²) in [6.45, 7) is 0. The Labute approximate surface area is 132 Å². The molecule has 3 aromatic rings. The predicted octanol–water partition coefficient (Wildman–Crippen LogP) is 2.69. The highest BCUT2D eigenvalue weighted by Crippen LogP contribution is 2.41. The average Bonchev–Trinajstić information content (AvgIpc) is 3.12. The first kappa shape index (κ1) is 13.6. The van der Waals surface area contributed by atoms with E-state index in [4.69, 9.17) is 9.47 Å². The van der Waals surface area contributed by atoms with Gasteiger partial charge in [0.2, 0.25) is 0 Å². The van der Waals surface area contributed by atoms with Crippen LogP contribution in [0, 0.1) is 0 Å². The molecule has 23 heavy (non-hydrogen) atoms. The van der Waals surface area contributed by atoms with Crippen LogP contribution in [0.5, 0.6) is 0 Å². The minimum Gasteiger partial charge on any atom is -0.464 e. The van der Waals surface area contributed by atoms with Gasteiger partial charge in [0.25, 0.3) is 0 Å². The van der Waals surface area contributed by atoms with Crippen LogP contribution < -0.4 is 0 Å². The number of nitrogens with zero attached hydrogens (tertiary/aromatic N) is 1. The van der Waals surface area contributed by atoms with Crippen LogP contribution in [0.15, 0.2) is 60.7 Å². The van der Waals surface area contributed by atoms with Crippen molar-refractivity contribution >= 4 is 22.8 Å². The third-order valence-corrected chi connectivity index (χ3v) is 4.10. The third kappa shape index (κ3) is 1.67. The van der Waals surface area contributed by atoms with E-state index in [2.05, 4.69) is 0 Å². The number of carbonyl (C=O) groups is 2. The van der Waals surface area contributed by atoms with Crippen LogP contribution in [0.4, 0.5) is 0 Å². The maximum atomic E-state index is 12.7. The number of cyclic esters (lactones) is 1. The van der Waals surface area contributed by atoms with Crippen molar-refractivity contribution in [2.75, 3.05) is 7.11 Å². The summed E-state index contributed by atoms with van der Waals surface area (Å²) in [7, 11) is 1.28. The van der Waals surface area contributed by atoms with E-state index in [0.29, 0.717) is 11.3 Å². The molecule has 1 aliphatic heterocycles. The molecule has 5 nitrogen and oxygen atoms in total. The Morgan fingerprint density at radius 3 is 2.52 bits per heavy atom. The van der Waals surface area contributed by atoms with Gasteiger partial charge in [0.1, 0.15) is 5.69 Å². The Kier molecular flexibility index (Phi) is 2.78. The van der Waals surface area contributed by atoms with E-state index in [0.717, 1.165) is 10.9 Å². The predicted molar refractivity (Wildman–Crippen MR) is 82.9 cm³/mol. The Morgan fingerprint density at radius 2 is 1.78 bits per heavy atom. The smallest absolute Gasteiger partial charge is 0.378 e. The highest BCUT2D eigenvalue weighted by molar-refractivity contribution is 6.02. The Hall–Kier alpha value is -3.08. The molecule has 4 rings (SSSR count). The molecule has 0 unspecified atom stereocenters. The second-order valence-electron chi connectivity index (χ2n) is 5.31. The van der Waals surface area contributed by atoms with E-state index in [1.807, 2.05) is 30.3 Å². The van der Waals surface area contributed by atoms with E-state index in [9.17, 15) is 9.59 Å². The maximum Gasteiger partial charge on any atom is 0.378 e. The third-order valence-electron chi connectivity index (χ3n) is 4.10. The Bertz CT molecular complexity index is 929. The molecule has 2 aromatic carbocycles. The number of para-hydroxylation sites is 1. The first-order chi connectivity index (χ1) is 11.2. The van der Waals surface area contributed by atoms with Crippen LogP contribution in [0.3, 0.4) is 0 Å². The first-order valence-corrected chi connectivity index (χ1v) is 7.17. The van der Waals surface area contributed by atoms with Crippen LogP contribution >= 0.6 is 0 Å². The lowest BCUT2D eigenvalue weighted by atomic mass is 10.0. The molecule has 0 spiro atoms. The van der Waals surface area contributed by atoms with Crippen molar-refractivity contribution in [2.24, 2.45) is 0 Å². The van der Waals surface area contributed by atoms with Crippen molar-refractivity contribution in [3.8, 4) is 0 Å². The Balaban J connectivity index is 2.11. The fourth-order valence-corrected chi connectivity index (χ4v) is 3.12. The molecular formula is C18H13NO4. The number of ether oxygens (including phenoxy) is 2. The summed E-state index contributed by atoms with van der Waals surface area (Å²) in [5, 5.41) is 0.864. The standard InChI is InChI=1S/C18H13NO4/c1-22-17(21)18(13-8-3-2-4-9-13)19-14-10-6-5-7-12(14)11-15(19)16(20)23-18/h2-11H,1H3/t18-/m1/s1. The topological polar surface area (TPSA) is 57.5 Å². The van der Waals surface area contributed by atoms with Crippen molar-refractivity contribution in [3.05, 3.63) is 71.9 Å². The number of aromatic nitrogens is 1. The van der Waals surface area contributed by atoms with Crippen molar-refractivity contribution in [3.63, 3.8) is 0 Å². The highest BCUT2D eigenvalue weighted by Gasteiger charge is 2.55.